The van der Waals surface area contributed by atoms with Crippen LogP contribution in [0.4, 0.5) is 5.69 Å². The molecule has 0 radical (unpaired) electrons. The molecule has 0 amide bonds. The first-order valence-electron chi connectivity index (χ1n) is 15.0. The van der Waals surface area contributed by atoms with Gasteiger partial charge in [-0.25, -0.2) is 9.59 Å². The zero-order valence-electron chi connectivity index (χ0n) is 26.6. The van der Waals surface area contributed by atoms with Gasteiger partial charge in [-0.2, -0.15) is 0 Å². The molecule has 1 aliphatic heterocycles. The average Bonchev–Trinajstić information content (AvgIpc) is 3.00. The number of nitrogens with zero attached hydrogens (tertiary/aromatic N) is 3. The van der Waals surface area contributed by atoms with Crippen molar-refractivity contribution in [2.24, 2.45) is 0 Å². The van der Waals surface area contributed by atoms with Gasteiger partial charge >= 0.3 is 11.9 Å². The van der Waals surface area contributed by atoms with E-state index in [1.165, 1.54) is 35.4 Å². The summed E-state index contributed by atoms with van der Waals surface area (Å²) in [5, 5.41) is 32.4. The molecule has 3 aromatic rings. The molecule has 45 heavy (non-hydrogen) atoms. The van der Waals surface area contributed by atoms with Gasteiger partial charge in [-0.1, -0.05) is 72.8 Å². The van der Waals surface area contributed by atoms with Crippen LogP contribution in [-0.2, 0) is 9.59 Å². The summed E-state index contributed by atoms with van der Waals surface area (Å²) in [4.78, 5) is 40.6. The number of rotatable bonds is 12. The third kappa shape index (κ3) is 6.68. The van der Waals surface area contributed by atoms with Gasteiger partial charge in [-0.3, -0.25) is 10.1 Å². The van der Waals surface area contributed by atoms with E-state index in [9.17, 15) is 29.9 Å². The second kappa shape index (κ2) is 13.5. The van der Waals surface area contributed by atoms with Gasteiger partial charge in [0.1, 0.15) is 0 Å². The number of hydrogen-bond acceptors (Lipinski definition) is 6. The number of non-ortho nitro benzene ring substituents is 1. The predicted octanol–water partition coefficient (Wildman–Crippen LogP) is 7.03. The third-order valence-electron chi connectivity index (χ3n) is 9.34. The van der Waals surface area contributed by atoms with Crippen LogP contribution in [0, 0.1) is 10.1 Å². The molecule has 0 saturated heterocycles. The lowest BCUT2D eigenvalue weighted by Crippen LogP contribution is -2.57. The van der Waals surface area contributed by atoms with Gasteiger partial charge in [0.25, 0.3) is 5.69 Å². The van der Waals surface area contributed by atoms with Crippen molar-refractivity contribution < 1.29 is 24.7 Å². The van der Waals surface area contributed by atoms with E-state index in [0.29, 0.717) is 11.4 Å². The fraction of sp³-hybridized carbons (Fsp3) is 0.333. The third-order valence-corrected chi connectivity index (χ3v) is 9.34. The van der Waals surface area contributed by atoms with Gasteiger partial charge in [0.2, 0.25) is 0 Å². The van der Waals surface area contributed by atoms with Gasteiger partial charge < -0.3 is 20.0 Å². The van der Waals surface area contributed by atoms with Crippen LogP contribution in [-0.4, -0.2) is 62.0 Å². The molecule has 1 unspecified atom stereocenters. The summed E-state index contributed by atoms with van der Waals surface area (Å²) in [7, 11) is 2.03. The van der Waals surface area contributed by atoms with Crippen LogP contribution >= 0.6 is 0 Å². The topological polar surface area (TPSA) is 124 Å². The summed E-state index contributed by atoms with van der Waals surface area (Å²) in [5.74, 6) is -3.55. The molecule has 0 fully saturated rings. The van der Waals surface area contributed by atoms with E-state index in [4.69, 9.17) is 0 Å². The largest absolute Gasteiger partial charge is 0.478 e. The summed E-state index contributed by atoms with van der Waals surface area (Å²) in [6.45, 7) is 10.1. The lowest BCUT2D eigenvalue weighted by molar-refractivity contribution is -0.384. The Morgan fingerprint density at radius 1 is 0.889 bits per heavy atom. The molecule has 9 heteroatoms. The highest BCUT2D eigenvalue weighted by Crippen LogP contribution is 2.46. The number of aliphatic carboxylic acids is 2. The van der Waals surface area contributed by atoms with Crippen LogP contribution < -0.4 is 0 Å². The first-order chi connectivity index (χ1) is 21.3. The smallest absolute Gasteiger partial charge is 0.334 e. The van der Waals surface area contributed by atoms with Crippen molar-refractivity contribution >= 4 is 17.6 Å². The van der Waals surface area contributed by atoms with E-state index < -0.39 is 28.3 Å². The van der Waals surface area contributed by atoms with Crippen LogP contribution in [0.3, 0.4) is 0 Å². The SMILES string of the molecule is CC1=C(C(=O)O)C(c2cccc([N+](=O)[O-])c2)C(C(=O)O)=C(C)N1C(C)(C)C(C)N(C)CCC(c1ccccc1)c1ccccc1. The van der Waals surface area contributed by atoms with E-state index >= 15 is 0 Å². The molecule has 9 nitrogen and oxygen atoms in total. The van der Waals surface area contributed by atoms with Crippen molar-refractivity contribution in [1.29, 1.82) is 0 Å². The van der Waals surface area contributed by atoms with Gasteiger partial charge in [0.15, 0.2) is 0 Å². The maximum Gasteiger partial charge on any atom is 0.334 e. The molecule has 0 saturated carbocycles. The summed E-state index contributed by atoms with van der Waals surface area (Å²) >= 11 is 0. The number of nitro groups is 1. The van der Waals surface area contributed by atoms with E-state index in [0.717, 1.165) is 13.0 Å². The minimum atomic E-state index is -1.27. The van der Waals surface area contributed by atoms with Crippen molar-refractivity contribution in [3.63, 3.8) is 0 Å². The first kappa shape index (κ1) is 33.1. The number of nitro benzene ring substituents is 1. The zero-order valence-corrected chi connectivity index (χ0v) is 26.6. The molecule has 2 N–H and O–H groups in total. The van der Waals surface area contributed by atoms with E-state index in [-0.39, 0.29) is 34.4 Å². The van der Waals surface area contributed by atoms with Gasteiger partial charge in [-0.05, 0) is 71.3 Å². The number of carboxylic acids is 2. The average molecular weight is 612 g/mol. The zero-order chi connectivity index (χ0) is 33.1. The maximum atomic E-state index is 12.8. The molecule has 0 spiro atoms. The van der Waals surface area contributed by atoms with Crippen molar-refractivity contribution in [2.75, 3.05) is 13.6 Å². The predicted molar refractivity (Wildman–Crippen MR) is 174 cm³/mol. The van der Waals surface area contributed by atoms with E-state index in [1.807, 2.05) is 62.2 Å². The summed E-state index contributed by atoms with van der Waals surface area (Å²) in [6, 6.07) is 26.1. The van der Waals surface area contributed by atoms with E-state index in [2.05, 4.69) is 36.1 Å². The molecule has 0 aromatic heterocycles. The number of carboxylic acid groups (broad SMARTS) is 2. The normalized spacial score (nSPS) is 15.2. The molecule has 1 aliphatic rings. The Labute approximate surface area is 264 Å². The fourth-order valence-electron chi connectivity index (χ4n) is 6.78. The first-order valence-corrected chi connectivity index (χ1v) is 15.0. The number of hydrogen-bond donors (Lipinski definition) is 2. The highest BCUT2D eigenvalue weighted by atomic mass is 16.6. The second-order valence-electron chi connectivity index (χ2n) is 12.2. The van der Waals surface area contributed by atoms with Gasteiger partial charge in [0, 0.05) is 35.5 Å². The minimum Gasteiger partial charge on any atom is -0.478 e. The Morgan fingerprint density at radius 2 is 1.38 bits per heavy atom. The summed E-state index contributed by atoms with van der Waals surface area (Å²) < 4.78 is 0. The second-order valence-corrected chi connectivity index (χ2v) is 12.2. The molecule has 236 valence electrons. The molecule has 0 aliphatic carbocycles. The molecule has 0 bridgehead atoms. The van der Waals surface area contributed by atoms with Crippen LogP contribution in [0.5, 0.6) is 0 Å². The van der Waals surface area contributed by atoms with Crippen LogP contribution in [0.15, 0.2) is 107 Å². The monoisotopic (exact) mass is 611 g/mol. The fourth-order valence-corrected chi connectivity index (χ4v) is 6.78. The summed E-state index contributed by atoms with van der Waals surface area (Å²) in [6.07, 6.45) is 0.838. The van der Waals surface area contributed by atoms with Gasteiger partial charge in [-0.15, -0.1) is 0 Å². The highest BCUT2D eigenvalue weighted by Gasteiger charge is 2.45. The van der Waals surface area contributed by atoms with Crippen molar-refractivity contribution in [2.45, 2.75) is 64.5 Å². The highest BCUT2D eigenvalue weighted by molar-refractivity contribution is 5.98. The van der Waals surface area contributed by atoms with Crippen LogP contribution in [0.1, 0.15) is 69.6 Å². The lowest BCUT2D eigenvalue weighted by Gasteiger charge is -2.51. The molecule has 1 atom stereocenters. The Kier molecular flexibility index (Phi) is 9.93. The number of allylic oxidation sites excluding steroid dienone is 2. The Balaban J connectivity index is 1.70. The quantitative estimate of drug-likeness (QED) is 0.165. The Morgan fingerprint density at radius 3 is 1.82 bits per heavy atom. The molecule has 4 rings (SSSR count). The lowest BCUT2D eigenvalue weighted by atomic mass is 9.77. The minimum absolute atomic E-state index is 0.116. The number of benzene rings is 3. The van der Waals surface area contributed by atoms with Crippen LogP contribution in [0.25, 0.3) is 0 Å². The van der Waals surface area contributed by atoms with E-state index in [1.54, 1.807) is 13.8 Å². The summed E-state index contributed by atoms with van der Waals surface area (Å²) in [5.41, 5.74) is 2.28. The molecular formula is C36H41N3O6. The molecule has 1 heterocycles. The Bertz CT molecular complexity index is 1550. The number of likely N-dealkylation sites (N-methyl/N-ethyl adjacent to an activating group) is 1. The molecular weight excluding hydrogens is 570 g/mol. The number of carbonyl (C=O) groups is 2. The van der Waals surface area contributed by atoms with Crippen molar-refractivity contribution in [3.05, 3.63) is 134 Å². The molecule has 3 aromatic carbocycles. The maximum absolute atomic E-state index is 12.8. The van der Waals surface area contributed by atoms with Crippen molar-refractivity contribution in [1.82, 2.24) is 9.80 Å². The van der Waals surface area contributed by atoms with Crippen molar-refractivity contribution in [3.8, 4) is 0 Å². The van der Waals surface area contributed by atoms with Crippen LogP contribution in [0.2, 0.25) is 0 Å². The Hall–Kier alpha value is -4.76. The standard InChI is InChI=1S/C36H41N3O6/c1-23-31(34(40)41)33(28-18-13-19-29(22-28)39(44)45)32(35(42)43)24(2)38(23)36(4,5)25(3)37(6)21-20-30(26-14-9-7-10-15-26)27-16-11-8-12-17-27/h7-19,22,25,30,33H,20-21H2,1-6H3,(H,40,41)(H,42,43). The van der Waals surface area contributed by atoms with Gasteiger partial charge in [0.05, 0.1) is 27.5 Å².